The number of aromatic carboxylic acids is 1. The Hall–Kier alpha value is -2.32. The number of rotatable bonds is 3. The predicted molar refractivity (Wildman–Crippen MR) is 74.3 cm³/mol. The number of nitrogens with one attached hydrogen (secondary N) is 1. The van der Waals surface area contributed by atoms with Crippen LogP contribution in [0.3, 0.4) is 0 Å². The van der Waals surface area contributed by atoms with Gasteiger partial charge < -0.3 is 10.4 Å². The van der Waals surface area contributed by atoms with Crippen molar-refractivity contribution in [2.75, 3.05) is 12.4 Å². The van der Waals surface area contributed by atoms with Crippen molar-refractivity contribution in [3.63, 3.8) is 0 Å². The molecule has 2 aromatic rings. The topological polar surface area (TPSA) is 92.9 Å². The molecule has 0 saturated heterocycles. The van der Waals surface area contributed by atoms with Gasteiger partial charge in [-0.05, 0) is 12.8 Å². The van der Waals surface area contributed by atoms with E-state index in [1.54, 1.807) is 7.05 Å². The van der Waals surface area contributed by atoms with E-state index in [0.717, 1.165) is 0 Å². The molecule has 1 aliphatic carbocycles. The Labute approximate surface area is 124 Å². The van der Waals surface area contributed by atoms with E-state index in [9.17, 15) is 18.7 Å². The maximum absolute atomic E-state index is 13.3. The lowest BCUT2D eigenvalue weighted by molar-refractivity contribution is -0.0447. The van der Waals surface area contributed by atoms with Crippen molar-refractivity contribution in [1.29, 1.82) is 0 Å². The van der Waals surface area contributed by atoms with Gasteiger partial charge in [-0.25, -0.2) is 28.2 Å². The van der Waals surface area contributed by atoms with Gasteiger partial charge in [0.1, 0.15) is 12.1 Å². The third-order valence-electron chi connectivity index (χ3n) is 3.96. The molecule has 1 aliphatic rings. The lowest BCUT2D eigenvalue weighted by Crippen LogP contribution is -2.27. The molecule has 0 bridgehead atoms. The minimum absolute atomic E-state index is 0.169. The molecule has 0 unspecified atom stereocenters. The molecule has 2 N–H and O–H groups in total. The van der Waals surface area contributed by atoms with Crippen LogP contribution in [-0.2, 0) is 0 Å². The summed E-state index contributed by atoms with van der Waals surface area (Å²) in [6, 6.07) is -0.283. The van der Waals surface area contributed by atoms with E-state index < -0.39 is 11.9 Å². The summed E-state index contributed by atoms with van der Waals surface area (Å²) in [5.41, 5.74) is 0.184. The lowest BCUT2D eigenvalue weighted by atomic mass is 9.92. The Kier molecular flexibility index (Phi) is 3.42. The van der Waals surface area contributed by atoms with Gasteiger partial charge in [0.25, 0.3) is 0 Å². The molecular formula is C13H15F2N5O2. The first kappa shape index (κ1) is 14.6. The average Bonchev–Trinajstić information content (AvgIpc) is 2.87. The number of nitrogens with zero attached hydrogens (tertiary/aromatic N) is 4. The van der Waals surface area contributed by atoms with Gasteiger partial charge in [-0.2, -0.15) is 5.10 Å². The van der Waals surface area contributed by atoms with Crippen molar-refractivity contribution in [3.8, 4) is 0 Å². The molecule has 0 aliphatic heterocycles. The van der Waals surface area contributed by atoms with Crippen LogP contribution in [0, 0.1) is 0 Å². The first-order valence-electron chi connectivity index (χ1n) is 6.95. The van der Waals surface area contributed by atoms with Crippen LogP contribution in [0.5, 0.6) is 0 Å². The number of carboxylic acid groups (broad SMARTS) is 1. The maximum atomic E-state index is 13.3. The monoisotopic (exact) mass is 311 g/mol. The van der Waals surface area contributed by atoms with Gasteiger partial charge in [-0.15, -0.1) is 0 Å². The van der Waals surface area contributed by atoms with Gasteiger partial charge in [0.05, 0.1) is 11.4 Å². The molecule has 0 amide bonds. The van der Waals surface area contributed by atoms with E-state index >= 15 is 0 Å². The Morgan fingerprint density at radius 3 is 2.68 bits per heavy atom. The minimum Gasteiger partial charge on any atom is -0.476 e. The fourth-order valence-electron chi connectivity index (χ4n) is 2.84. The van der Waals surface area contributed by atoms with Gasteiger partial charge >= 0.3 is 5.97 Å². The number of alkyl halides is 2. The Balaban J connectivity index is 2.09. The molecular weight excluding hydrogens is 296 g/mol. The van der Waals surface area contributed by atoms with Crippen molar-refractivity contribution in [3.05, 3.63) is 12.0 Å². The normalized spacial score (nSPS) is 18.5. The highest BCUT2D eigenvalue weighted by Crippen LogP contribution is 2.39. The van der Waals surface area contributed by atoms with Crippen LogP contribution in [-0.4, -0.2) is 43.8 Å². The third kappa shape index (κ3) is 2.36. The molecule has 3 rings (SSSR count). The summed E-state index contributed by atoms with van der Waals surface area (Å²) < 4.78 is 28.1. The molecule has 0 spiro atoms. The highest BCUT2D eigenvalue weighted by Gasteiger charge is 2.37. The molecule has 7 nitrogen and oxygen atoms in total. The molecule has 2 aromatic heterocycles. The first-order chi connectivity index (χ1) is 10.4. The Morgan fingerprint density at radius 2 is 2.09 bits per heavy atom. The molecule has 2 heterocycles. The molecule has 1 fully saturated rings. The highest BCUT2D eigenvalue weighted by molar-refractivity contribution is 6.04. The molecule has 22 heavy (non-hydrogen) atoms. The van der Waals surface area contributed by atoms with Gasteiger partial charge in [0, 0.05) is 19.9 Å². The zero-order valence-electron chi connectivity index (χ0n) is 11.9. The van der Waals surface area contributed by atoms with E-state index in [0.29, 0.717) is 16.9 Å². The second-order valence-corrected chi connectivity index (χ2v) is 5.36. The fourth-order valence-corrected chi connectivity index (χ4v) is 2.84. The van der Waals surface area contributed by atoms with E-state index in [1.807, 2.05) is 0 Å². The summed E-state index contributed by atoms with van der Waals surface area (Å²) in [5, 5.41) is 16.5. The Morgan fingerprint density at radius 1 is 1.41 bits per heavy atom. The summed E-state index contributed by atoms with van der Waals surface area (Å²) in [7, 11) is 1.62. The first-order valence-corrected chi connectivity index (χ1v) is 6.95. The lowest BCUT2D eigenvalue weighted by Gasteiger charge is -2.28. The number of anilines is 1. The van der Waals surface area contributed by atoms with E-state index in [2.05, 4.69) is 20.4 Å². The smallest absolute Gasteiger partial charge is 0.357 e. The number of carbonyl (C=O) groups is 1. The number of carboxylic acids is 1. The van der Waals surface area contributed by atoms with Crippen LogP contribution >= 0.6 is 0 Å². The maximum Gasteiger partial charge on any atom is 0.357 e. The summed E-state index contributed by atoms with van der Waals surface area (Å²) >= 11 is 0. The molecule has 0 aromatic carbocycles. The second kappa shape index (κ2) is 5.15. The molecule has 9 heteroatoms. The van der Waals surface area contributed by atoms with Crippen molar-refractivity contribution < 1.29 is 18.7 Å². The number of hydrogen-bond donors (Lipinski definition) is 2. The molecule has 118 valence electrons. The predicted octanol–water partition coefficient (Wildman–Crippen LogP) is 2.32. The average molecular weight is 311 g/mol. The summed E-state index contributed by atoms with van der Waals surface area (Å²) in [6.07, 6.45) is 1.32. The third-order valence-corrected chi connectivity index (χ3v) is 3.96. The number of halogens is 2. The minimum atomic E-state index is -2.65. The van der Waals surface area contributed by atoms with E-state index in [1.165, 1.54) is 11.0 Å². The number of fused-ring (bicyclic) bond motifs is 1. The largest absolute Gasteiger partial charge is 0.476 e. The molecule has 0 atom stereocenters. The fraction of sp³-hybridized carbons (Fsp3) is 0.538. The zero-order valence-corrected chi connectivity index (χ0v) is 11.9. The van der Waals surface area contributed by atoms with Crippen molar-refractivity contribution in [2.45, 2.75) is 37.6 Å². The van der Waals surface area contributed by atoms with E-state index in [4.69, 9.17) is 0 Å². The van der Waals surface area contributed by atoms with Crippen LogP contribution in [0.2, 0.25) is 0 Å². The number of hydrogen-bond acceptors (Lipinski definition) is 5. The summed E-state index contributed by atoms with van der Waals surface area (Å²) in [6.45, 7) is 0. The molecule has 0 radical (unpaired) electrons. The van der Waals surface area contributed by atoms with Crippen LogP contribution < -0.4 is 5.32 Å². The van der Waals surface area contributed by atoms with Gasteiger partial charge in [0.2, 0.25) is 5.92 Å². The number of aromatic nitrogens is 4. The zero-order chi connectivity index (χ0) is 15.9. The van der Waals surface area contributed by atoms with Gasteiger partial charge in [0.15, 0.2) is 11.3 Å². The van der Waals surface area contributed by atoms with E-state index in [-0.39, 0.29) is 37.4 Å². The quantitative estimate of drug-likeness (QED) is 0.903. The van der Waals surface area contributed by atoms with Crippen molar-refractivity contribution in [2.24, 2.45) is 0 Å². The van der Waals surface area contributed by atoms with Crippen LogP contribution in [0.15, 0.2) is 6.33 Å². The van der Waals surface area contributed by atoms with Crippen molar-refractivity contribution >= 4 is 22.8 Å². The molecule has 1 saturated carbocycles. The summed E-state index contributed by atoms with van der Waals surface area (Å²) in [5.74, 6) is -3.49. The summed E-state index contributed by atoms with van der Waals surface area (Å²) in [4.78, 5) is 19.5. The van der Waals surface area contributed by atoms with Crippen LogP contribution in [0.1, 0.15) is 42.2 Å². The highest BCUT2D eigenvalue weighted by atomic mass is 19.3. The Bertz CT molecular complexity index is 721. The van der Waals surface area contributed by atoms with Crippen LogP contribution in [0.4, 0.5) is 14.6 Å². The van der Waals surface area contributed by atoms with Gasteiger partial charge in [-0.3, -0.25) is 0 Å². The second-order valence-electron chi connectivity index (χ2n) is 5.36. The van der Waals surface area contributed by atoms with Crippen molar-refractivity contribution in [1.82, 2.24) is 19.7 Å². The SMILES string of the molecule is CNc1ncnc2c1c(C(=O)O)nn2C1CCC(F)(F)CC1. The standard InChI is InChI=1S/C13H15F2N5O2/c1-16-10-8-9(12(21)22)19-20(11(8)18-6-17-10)7-2-4-13(14,15)5-3-7/h6-7H,2-5H2,1H3,(H,21,22)(H,16,17,18). The van der Waals surface area contributed by atoms with Crippen LogP contribution in [0.25, 0.3) is 11.0 Å². The van der Waals surface area contributed by atoms with Gasteiger partial charge in [-0.1, -0.05) is 0 Å².